The fourth-order valence-corrected chi connectivity index (χ4v) is 1.96. The highest BCUT2D eigenvalue weighted by atomic mass is 19.1. The van der Waals surface area contributed by atoms with Gasteiger partial charge in [-0.25, -0.2) is 9.18 Å². The molecule has 0 radical (unpaired) electrons. The lowest BCUT2D eigenvalue weighted by Gasteiger charge is -2.21. The SMILES string of the molecule is NC(=O)N(c1ccc(CC(=O)O)cc1)c1ccccc1F. The maximum Gasteiger partial charge on any atom is 0.323 e. The first-order valence-corrected chi connectivity index (χ1v) is 6.14. The van der Waals surface area contributed by atoms with Crippen LogP contribution in [0, 0.1) is 5.82 Å². The number of carboxylic acids is 1. The Morgan fingerprint density at radius 2 is 1.71 bits per heavy atom. The van der Waals surface area contributed by atoms with E-state index in [1.165, 1.54) is 30.3 Å². The van der Waals surface area contributed by atoms with E-state index in [0.29, 0.717) is 11.3 Å². The van der Waals surface area contributed by atoms with Gasteiger partial charge in [0, 0.05) is 0 Å². The van der Waals surface area contributed by atoms with Gasteiger partial charge in [0.05, 0.1) is 17.8 Å². The number of urea groups is 1. The minimum atomic E-state index is -0.955. The largest absolute Gasteiger partial charge is 0.481 e. The average Bonchev–Trinajstić information content (AvgIpc) is 2.42. The Hall–Kier alpha value is -2.89. The quantitative estimate of drug-likeness (QED) is 0.907. The van der Waals surface area contributed by atoms with Crippen molar-refractivity contribution in [1.82, 2.24) is 0 Å². The third-order valence-corrected chi connectivity index (χ3v) is 2.86. The summed E-state index contributed by atoms with van der Waals surface area (Å²) in [7, 11) is 0. The summed E-state index contributed by atoms with van der Waals surface area (Å²) in [6, 6.07) is 11.1. The summed E-state index contributed by atoms with van der Waals surface area (Å²) in [5.74, 6) is -1.53. The van der Waals surface area contributed by atoms with Gasteiger partial charge in [-0.1, -0.05) is 24.3 Å². The molecular weight excluding hydrogens is 275 g/mol. The molecule has 2 amide bonds. The zero-order valence-corrected chi connectivity index (χ0v) is 11.0. The van der Waals surface area contributed by atoms with Crippen LogP contribution in [-0.2, 0) is 11.2 Å². The number of carbonyl (C=O) groups excluding carboxylic acids is 1. The molecule has 0 aliphatic carbocycles. The summed E-state index contributed by atoms with van der Waals surface area (Å²) >= 11 is 0. The van der Waals surface area contributed by atoms with Gasteiger partial charge >= 0.3 is 12.0 Å². The summed E-state index contributed by atoms with van der Waals surface area (Å²) < 4.78 is 13.8. The number of benzene rings is 2. The molecule has 21 heavy (non-hydrogen) atoms. The second-order valence-electron chi connectivity index (χ2n) is 4.36. The number of halogens is 1. The molecule has 6 heteroatoms. The van der Waals surface area contributed by atoms with E-state index < -0.39 is 17.8 Å². The van der Waals surface area contributed by atoms with Crippen LogP contribution in [0.5, 0.6) is 0 Å². The summed E-state index contributed by atoms with van der Waals surface area (Å²) in [5, 5.41) is 8.71. The van der Waals surface area contributed by atoms with Crippen LogP contribution in [0.15, 0.2) is 48.5 Å². The van der Waals surface area contributed by atoms with E-state index in [-0.39, 0.29) is 12.1 Å². The molecule has 0 unspecified atom stereocenters. The fourth-order valence-electron chi connectivity index (χ4n) is 1.96. The lowest BCUT2D eigenvalue weighted by Crippen LogP contribution is -2.32. The van der Waals surface area contributed by atoms with Gasteiger partial charge in [0.25, 0.3) is 0 Å². The normalized spacial score (nSPS) is 10.1. The maximum atomic E-state index is 13.8. The molecule has 0 atom stereocenters. The van der Waals surface area contributed by atoms with Gasteiger partial charge in [0.15, 0.2) is 0 Å². The molecule has 3 N–H and O–H groups in total. The molecule has 108 valence electrons. The Morgan fingerprint density at radius 1 is 1.10 bits per heavy atom. The monoisotopic (exact) mass is 288 g/mol. The number of hydrogen-bond donors (Lipinski definition) is 2. The van der Waals surface area contributed by atoms with Crippen LogP contribution in [0.4, 0.5) is 20.6 Å². The summed E-state index contributed by atoms with van der Waals surface area (Å²) in [5.41, 5.74) is 6.29. The van der Waals surface area contributed by atoms with Gasteiger partial charge in [-0.15, -0.1) is 0 Å². The number of carbonyl (C=O) groups is 2. The van der Waals surface area contributed by atoms with Crippen LogP contribution in [0.25, 0.3) is 0 Å². The third kappa shape index (κ3) is 3.36. The van der Waals surface area contributed by atoms with E-state index in [0.717, 1.165) is 4.90 Å². The number of primary amides is 1. The van der Waals surface area contributed by atoms with Crippen LogP contribution in [-0.4, -0.2) is 17.1 Å². The highest BCUT2D eigenvalue weighted by Gasteiger charge is 2.18. The molecular formula is C15H13FN2O3. The molecule has 0 aliphatic heterocycles. The van der Waals surface area contributed by atoms with E-state index >= 15 is 0 Å². The Balaban J connectivity index is 2.38. The van der Waals surface area contributed by atoms with Crippen molar-refractivity contribution in [3.05, 3.63) is 59.9 Å². The summed E-state index contributed by atoms with van der Waals surface area (Å²) in [4.78, 5) is 23.3. The van der Waals surface area contributed by atoms with E-state index in [9.17, 15) is 14.0 Å². The minimum absolute atomic E-state index is 0.0379. The van der Waals surface area contributed by atoms with Gasteiger partial charge in [0.2, 0.25) is 0 Å². The predicted molar refractivity (Wildman–Crippen MR) is 75.9 cm³/mol. The molecule has 2 aromatic rings. The number of para-hydroxylation sites is 1. The Kier molecular flexibility index (Phi) is 4.18. The number of rotatable bonds is 4. The second-order valence-corrected chi connectivity index (χ2v) is 4.36. The Labute approximate surface area is 120 Å². The third-order valence-electron chi connectivity index (χ3n) is 2.86. The number of carboxylic acid groups (broad SMARTS) is 1. The summed E-state index contributed by atoms with van der Waals surface area (Å²) in [6.07, 6.45) is -0.128. The molecule has 0 saturated heterocycles. The van der Waals surface area contributed by atoms with Crippen LogP contribution in [0.2, 0.25) is 0 Å². The lowest BCUT2D eigenvalue weighted by atomic mass is 10.1. The zero-order chi connectivity index (χ0) is 15.4. The van der Waals surface area contributed by atoms with Crippen molar-refractivity contribution in [2.24, 2.45) is 5.73 Å². The van der Waals surface area contributed by atoms with Crippen molar-refractivity contribution < 1.29 is 19.1 Å². The molecule has 0 fully saturated rings. The van der Waals surface area contributed by atoms with E-state index in [2.05, 4.69) is 0 Å². The first kappa shape index (κ1) is 14.5. The second kappa shape index (κ2) is 6.04. The average molecular weight is 288 g/mol. The molecule has 0 aliphatic rings. The van der Waals surface area contributed by atoms with Crippen LogP contribution >= 0.6 is 0 Å². The van der Waals surface area contributed by atoms with Crippen LogP contribution < -0.4 is 10.6 Å². The number of aliphatic carboxylic acids is 1. The molecule has 0 saturated carbocycles. The van der Waals surface area contributed by atoms with Gasteiger partial charge in [-0.3, -0.25) is 9.69 Å². The summed E-state index contributed by atoms with van der Waals surface area (Å²) in [6.45, 7) is 0. The maximum absolute atomic E-state index is 13.8. The van der Waals surface area contributed by atoms with Crippen LogP contribution in [0.1, 0.15) is 5.56 Å². The van der Waals surface area contributed by atoms with E-state index in [1.54, 1.807) is 18.2 Å². The van der Waals surface area contributed by atoms with Crippen molar-refractivity contribution in [1.29, 1.82) is 0 Å². The molecule has 0 aromatic heterocycles. The van der Waals surface area contributed by atoms with Gasteiger partial charge in [-0.2, -0.15) is 0 Å². The van der Waals surface area contributed by atoms with Crippen molar-refractivity contribution in [3.63, 3.8) is 0 Å². The molecule has 2 aromatic carbocycles. The molecule has 0 heterocycles. The number of anilines is 2. The Morgan fingerprint density at radius 3 is 2.24 bits per heavy atom. The van der Waals surface area contributed by atoms with Crippen molar-refractivity contribution >= 4 is 23.4 Å². The predicted octanol–water partition coefficient (Wildman–Crippen LogP) is 2.67. The van der Waals surface area contributed by atoms with Crippen molar-refractivity contribution in [2.75, 3.05) is 4.90 Å². The van der Waals surface area contributed by atoms with Crippen molar-refractivity contribution in [3.8, 4) is 0 Å². The van der Waals surface area contributed by atoms with Crippen LogP contribution in [0.3, 0.4) is 0 Å². The molecule has 2 rings (SSSR count). The molecule has 0 bridgehead atoms. The highest BCUT2D eigenvalue weighted by molar-refractivity contribution is 5.98. The lowest BCUT2D eigenvalue weighted by molar-refractivity contribution is -0.136. The number of nitrogens with two attached hydrogens (primary N) is 1. The first-order chi connectivity index (χ1) is 9.99. The fraction of sp³-hybridized carbons (Fsp3) is 0.0667. The zero-order valence-electron chi connectivity index (χ0n) is 11.0. The van der Waals surface area contributed by atoms with Gasteiger partial charge in [-0.05, 0) is 29.8 Å². The molecule has 0 spiro atoms. The number of amides is 2. The highest BCUT2D eigenvalue weighted by Crippen LogP contribution is 2.27. The smallest absolute Gasteiger partial charge is 0.323 e. The topological polar surface area (TPSA) is 83.6 Å². The standard InChI is InChI=1S/C15H13FN2O3/c16-12-3-1-2-4-13(12)18(15(17)21)11-7-5-10(6-8-11)9-14(19)20/h1-8H,9H2,(H2,17,21)(H,19,20). The van der Waals surface area contributed by atoms with E-state index in [4.69, 9.17) is 10.8 Å². The van der Waals surface area contributed by atoms with Gasteiger partial charge < -0.3 is 10.8 Å². The number of hydrogen-bond acceptors (Lipinski definition) is 2. The van der Waals surface area contributed by atoms with Gasteiger partial charge in [0.1, 0.15) is 5.82 Å². The Bertz CT molecular complexity index is 671. The minimum Gasteiger partial charge on any atom is -0.481 e. The first-order valence-electron chi connectivity index (χ1n) is 6.14. The van der Waals surface area contributed by atoms with E-state index in [1.807, 2.05) is 0 Å². The van der Waals surface area contributed by atoms with Crippen molar-refractivity contribution in [2.45, 2.75) is 6.42 Å². The number of nitrogens with zero attached hydrogens (tertiary/aromatic N) is 1. The molecule has 5 nitrogen and oxygen atoms in total.